The molecule has 1 aromatic heterocycles. The maximum atomic E-state index is 12.5. The van der Waals surface area contributed by atoms with Gasteiger partial charge in [-0.1, -0.05) is 12.1 Å². The number of esters is 1. The molecule has 0 unspecified atom stereocenters. The van der Waals surface area contributed by atoms with Crippen molar-refractivity contribution < 1.29 is 27.5 Å². The minimum Gasteiger partial charge on any atom is -0.495 e. The third-order valence-electron chi connectivity index (χ3n) is 4.85. The van der Waals surface area contributed by atoms with Crippen LogP contribution < -0.4 is 10.1 Å². The topological polar surface area (TPSA) is 102 Å². The van der Waals surface area contributed by atoms with E-state index in [1.807, 2.05) is 13.0 Å². The molecular weight excluding hydrogens is 428 g/mol. The number of carbonyl (C=O) groups is 2. The second-order valence-electron chi connectivity index (χ2n) is 6.97. The number of benzene rings is 1. The number of hydrogen-bond acceptors (Lipinski definition) is 7. The van der Waals surface area contributed by atoms with E-state index in [4.69, 9.17) is 9.47 Å². The lowest BCUT2D eigenvalue weighted by Crippen LogP contribution is -2.40. The maximum Gasteiger partial charge on any atom is 0.309 e. The van der Waals surface area contributed by atoms with E-state index >= 15 is 0 Å². The van der Waals surface area contributed by atoms with E-state index in [-0.39, 0.29) is 13.1 Å². The Labute approximate surface area is 179 Å². The van der Waals surface area contributed by atoms with Crippen molar-refractivity contribution >= 4 is 38.9 Å². The Kier molecular flexibility index (Phi) is 7.11. The van der Waals surface area contributed by atoms with Gasteiger partial charge in [-0.3, -0.25) is 9.59 Å². The lowest BCUT2D eigenvalue weighted by Gasteiger charge is -2.29. The molecule has 2 heterocycles. The number of sulfonamides is 1. The summed E-state index contributed by atoms with van der Waals surface area (Å²) in [5.74, 6) is -0.875. The van der Waals surface area contributed by atoms with Crippen LogP contribution in [0.2, 0.25) is 0 Å². The van der Waals surface area contributed by atoms with Gasteiger partial charge in [-0.05, 0) is 48.9 Å². The number of nitrogens with zero attached hydrogens (tertiary/aromatic N) is 1. The number of anilines is 1. The van der Waals surface area contributed by atoms with E-state index in [0.717, 1.165) is 5.56 Å². The summed E-state index contributed by atoms with van der Waals surface area (Å²) >= 11 is 1.17. The number of hydrogen-bond donors (Lipinski definition) is 1. The van der Waals surface area contributed by atoms with E-state index < -0.39 is 34.4 Å². The molecule has 30 heavy (non-hydrogen) atoms. The Morgan fingerprint density at radius 2 is 1.97 bits per heavy atom. The first-order valence-corrected chi connectivity index (χ1v) is 11.8. The zero-order valence-corrected chi connectivity index (χ0v) is 18.4. The van der Waals surface area contributed by atoms with Crippen LogP contribution in [-0.4, -0.2) is 51.4 Å². The Morgan fingerprint density at radius 1 is 1.23 bits per heavy atom. The fourth-order valence-electron chi connectivity index (χ4n) is 3.23. The lowest BCUT2D eigenvalue weighted by molar-refractivity contribution is -0.152. The van der Waals surface area contributed by atoms with E-state index in [2.05, 4.69) is 5.32 Å². The highest BCUT2D eigenvalue weighted by atomic mass is 32.2. The summed E-state index contributed by atoms with van der Waals surface area (Å²) in [5.41, 5.74) is 1.46. The number of amides is 1. The Hall–Kier alpha value is -2.43. The molecule has 10 heteroatoms. The van der Waals surface area contributed by atoms with Crippen LogP contribution in [0.25, 0.3) is 0 Å². The van der Waals surface area contributed by atoms with Gasteiger partial charge in [-0.2, -0.15) is 4.31 Å². The second kappa shape index (κ2) is 9.59. The molecule has 2 aromatic rings. The van der Waals surface area contributed by atoms with Crippen molar-refractivity contribution in [3.8, 4) is 5.75 Å². The van der Waals surface area contributed by atoms with Crippen molar-refractivity contribution in [1.82, 2.24) is 4.31 Å². The summed E-state index contributed by atoms with van der Waals surface area (Å²) in [5, 5.41) is 4.39. The predicted octanol–water partition coefficient (Wildman–Crippen LogP) is 2.65. The summed E-state index contributed by atoms with van der Waals surface area (Å²) in [6, 6.07) is 8.64. The van der Waals surface area contributed by atoms with E-state index in [0.29, 0.717) is 28.5 Å². The average molecular weight is 453 g/mol. The molecule has 0 radical (unpaired) electrons. The molecule has 0 saturated carbocycles. The van der Waals surface area contributed by atoms with Crippen LogP contribution in [-0.2, 0) is 24.3 Å². The Balaban J connectivity index is 1.48. The van der Waals surface area contributed by atoms with Gasteiger partial charge in [-0.25, -0.2) is 8.42 Å². The first kappa shape index (κ1) is 22.3. The Morgan fingerprint density at radius 3 is 2.60 bits per heavy atom. The smallest absolute Gasteiger partial charge is 0.309 e. The number of thiophene rings is 1. The second-order valence-corrected chi connectivity index (χ2v) is 10.1. The van der Waals surface area contributed by atoms with Gasteiger partial charge in [0.15, 0.2) is 6.61 Å². The van der Waals surface area contributed by atoms with Crippen LogP contribution in [0.15, 0.2) is 39.9 Å². The van der Waals surface area contributed by atoms with E-state index in [1.54, 1.807) is 29.6 Å². The minimum atomic E-state index is -3.51. The minimum absolute atomic E-state index is 0.243. The SMILES string of the molecule is COc1ccc(C)cc1NC(=O)COC(=O)C1CCN(S(=O)(=O)c2cccs2)CC1. The van der Waals surface area contributed by atoms with Gasteiger partial charge < -0.3 is 14.8 Å². The molecule has 1 aliphatic heterocycles. The number of aryl methyl sites for hydroxylation is 1. The van der Waals surface area contributed by atoms with Crippen LogP contribution >= 0.6 is 11.3 Å². The van der Waals surface area contributed by atoms with E-state index in [9.17, 15) is 18.0 Å². The summed E-state index contributed by atoms with van der Waals surface area (Å²) < 4.78 is 37.1. The van der Waals surface area contributed by atoms with Crippen molar-refractivity contribution in [1.29, 1.82) is 0 Å². The first-order chi connectivity index (χ1) is 14.3. The summed E-state index contributed by atoms with van der Waals surface area (Å²) in [7, 11) is -2.01. The van der Waals surface area contributed by atoms with E-state index in [1.165, 1.54) is 22.8 Å². The Bertz CT molecular complexity index is 996. The molecule has 3 rings (SSSR count). The highest BCUT2D eigenvalue weighted by Gasteiger charge is 2.33. The number of piperidine rings is 1. The molecule has 1 fully saturated rings. The molecule has 8 nitrogen and oxygen atoms in total. The maximum absolute atomic E-state index is 12.5. The number of methoxy groups -OCH3 is 1. The number of nitrogens with one attached hydrogen (secondary N) is 1. The molecule has 162 valence electrons. The highest BCUT2D eigenvalue weighted by Crippen LogP contribution is 2.27. The van der Waals surface area contributed by atoms with Crippen LogP contribution in [0, 0.1) is 12.8 Å². The molecule has 0 spiro atoms. The zero-order chi connectivity index (χ0) is 21.7. The van der Waals surface area contributed by atoms with Crippen LogP contribution in [0.1, 0.15) is 18.4 Å². The summed E-state index contributed by atoms with van der Waals surface area (Å²) in [6.07, 6.45) is 0.716. The fraction of sp³-hybridized carbons (Fsp3) is 0.400. The normalized spacial score (nSPS) is 15.5. The number of carbonyl (C=O) groups excluding carboxylic acids is 2. The van der Waals surface area contributed by atoms with Crippen LogP contribution in [0.4, 0.5) is 5.69 Å². The first-order valence-electron chi connectivity index (χ1n) is 9.46. The number of rotatable bonds is 7. The molecular formula is C20H24N2O6S2. The van der Waals surface area contributed by atoms with Gasteiger partial charge in [0.2, 0.25) is 0 Å². The average Bonchev–Trinajstić information content (AvgIpc) is 3.28. The van der Waals surface area contributed by atoms with Crippen molar-refractivity contribution in [2.24, 2.45) is 5.92 Å². The predicted molar refractivity (Wildman–Crippen MR) is 113 cm³/mol. The fourth-order valence-corrected chi connectivity index (χ4v) is 5.84. The third-order valence-corrected chi connectivity index (χ3v) is 8.12. The van der Waals surface area contributed by atoms with Crippen LogP contribution in [0.3, 0.4) is 0 Å². The molecule has 1 aromatic carbocycles. The number of ether oxygens (including phenoxy) is 2. The van der Waals surface area contributed by atoms with Gasteiger partial charge in [0.25, 0.3) is 15.9 Å². The summed E-state index contributed by atoms with van der Waals surface area (Å²) in [4.78, 5) is 24.5. The summed E-state index contributed by atoms with van der Waals surface area (Å²) in [6.45, 7) is 1.96. The van der Waals surface area contributed by atoms with Gasteiger partial charge in [-0.15, -0.1) is 11.3 Å². The standard InChI is InChI=1S/C20H24N2O6S2/c1-14-5-6-17(27-2)16(12-14)21-18(23)13-28-20(24)15-7-9-22(10-8-15)30(25,26)19-4-3-11-29-19/h3-6,11-12,15H,7-10,13H2,1-2H3,(H,21,23). The van der Waals surface area contributed by atoms with Crippen molar-refractivity contribution in [3.63, 3.8) is 0 Å². The van der Waals surface area contributed by atoms with Gasteiger partial charge >= 0.3 is 5.97 Å². The third kappa shape index (κ3) is 5.18. The monoisotopic (exact) mass is 452 g/mol. The lowest BCUT2D eigenvalue weighted by atomic mass is 9.98. The molecule has 0 aliphatic carbocycles. The van der Waals surface area contributed by atoms with Gasteiger partial charge in [0.05, 0.1) is 18.7 Å². The molecule has 0 bridgehead atoms. The largest absolute Gasteiger partial charge is 0.495 e. The molecule has 1 saturated heterocycles. The van der Waals surface area contributed by atoms with Crippen molar-refractivity contribution in [3.05, 3.63) is 41.3 Å². The van der Waals surface area contributed by atoms with Crippen molar-refractivity contribution in [2.75, 3.05) is 32.1 Å². The van der Waals surface area contributed by atoms with Crippen molar-refractivity contribution in [2.45, 2.75) is 24.0 Å². The highest BCUT2D eigenvalue weighted by molar-refractivity contribution is 7.91. The van der Waals surface area contributed by atoms with Crippen LogP contribution in [0.5, 0.6) is 5.75 Å². The molecule has 1 aliphatic rings. The molecule has 1 amide bonds. The molecule has 0 atom stereocenters. The molecule has 1 N–H and O–H groups in total. The van der Waals surface area contributed by atoms with Gasteiger partial charge in [0, 0.05) is 13.1 Å². The zero-order valence-electron chi connectivity index (χ0n) is 16.8. The van der Waals surface area contributed by atoms with Gasteiger partial charge in [0.1, 0.15) is 9.96 Å². The quantitative estimate of drug-likeness (QED) is 0.648.